The van der Waals surface area contributed by atoms with Gasteiger partial charge in [0.2, 0.25) is 0 Å². The van der Waals surface area contributed by atoms with Crippen molar-refractivity contribution in [2.24, 2.45) is 0 Å². The molecule has 0 spiro atoms. The third-order valence-corrected chi connectivity index (χ3v) is 4.83. The number of esters is 2. The van der Waals surface area contributed by atoms with Gasteiger partial charge in [-0.05, 0) is 25.0 Å². The maximum atomic E-state index is 12.4. The van der Waals surface area contributed by atoms with Crippen LogP contribution in [0.5, 0.6) is 0 Å². The third kappa shape index (κ3) is 13.1. The Labute approximate surface area is 199 Å². The zero-order valence-corrected chi connectivity index (χ0v) is 17.8. The number of hydrogen-bond acceptors (Lipinski definition) is 4. The molecule has 4 nitrogen and oxygen atoms in total. The van der Waals surface area contributed by atoms with Crippen LogP contribution in [-0.4, -0.2) is 54.7 Å². The molecule has 0 unspecified atom stereocenters. The van der Waals surface area contributed by atoms with Crippen LogP contribution in [0.25, 0.3) is 0 Å². The topological polar surface area (TPSA) is 52.6 Å². The summed E-state index contributed by atoms with van der Waals surface area (Å²) in [5.74, 6) is -0.888. The molecule has 1 aromatic carbocycles. The van der Waals surface area contributed by atoms with Gasteiger partial charge >= 0.3 is 41.5 Å². The summed E-state index contributed by atoms with van der Waals surface area (Å²) in [5, 5.41) is 0. The molecule has 1 rings (SSSR count). The predicted molar refractivity (Wildman–Crippen MR) is 121 cm³/mol. The van der Waals surface area contributed by atoms with Crippen LogP contribution in [0.4, 0.5) is 0 Å². The summed E-state index contributed by atoms with van der Waals surface area (Å²) in [6.45, 7) is 5.17. The van der Waals surface area contributed by atoms with Gasteiger partial charge in [0.15, 0.2) is 0 Å². The fourth-order valence-corrected chi connectivity index (χ4v) is 3.09. The predicted octanol–water partition coefficient (Wildman–Crippen LogP) is 6.07. The van der Waals surface area contributed by atoms with Crippen molar-refractivity contribution in [3.63, 3.8) is 0 Å². The first-order chi connectivity index (χ1) is 13.7. The van der Waals surface area contributed by atoms with E-state index in [-0.39, 0.29) is 29.6 Å². The molecule has 5 heteroatoms. The van der Waals surface area contributed by atoms with Crippen LogP contribution in [0.3, 0.4) is 0 Å². The van der Waals surface area contributed by atoms with E-state index in [1.807, 2.05) is 0 Å². The summed E-state index contributed by atoms with van der Waals surface area (Å²) in [6, 6.07) is 6.74. The van der Waals surface area contributed by atoms with Crippen molar-refractivity contribution < 1.29 is 19.1 Å². The van der Waals surface area contributed by atoms with Gasteiger partial charge in [0.1, 0.15) is 0 Å². The zero-order valence-electron chi connectivity index (χ0n) is 17.8. The van der Waals surface area contributed by atoms with Crippen LogP contribution >= 0.6 is 0 Å². The van der Waals surface area contributed by atoms with E-state index in [9.17, 15) is 9.59 Å². The Balaban J connectivity index is 0.00000784. The second kappa shape index (κ2) is 19.1. The number of unbranched alkanes of at least 4 members (excludes halogenated alkanes) is 10. The minimum absolute atomic E-state index is 0. The number of rotatable bonds is 16. The van der Waals surface area contributed by atoms with Crippen LogP contribution in [0.2, 0.25) is 0 Å². The number of ether oxygens (including phenoxy) is 2. The van der Waals surface area contributed by atoms with Crippen molar-refractivity contribution in [1.29, 1.82) is 0 Å². The molecule has 0 aliphatic heterocycles. The summed E-state index contributed by atoms with van der Waals surface area (Å²) in [6.07, 6.45) is 13.6. The summed E-state index contributed by atoms with van der Waals surface area (Å²) < 4.78 is 10.7. The normalized spacial score (nSPS) is 10.3. The second-order valence-corrected chi connectivity index (χ2v) is 7.35. The van der Waals surface area contributed by atoms with Gasteiger partial charge < -0.3 is 9.47 Å². The van der Waals surface area contributed by atoms with Gasteiger partial charge in [-0.2, -0.15) is 0 Å². The Hall–Kier alpha value is -0.840. The fourth-order valence-electron chi connectivity index (χ4n) is 3.09. The summed E-state index contributed by atoms with van der Waals surface area (Å²) in [5.41, 5.74) is 0.586. The van der Waals surface area contributed by atoms with Gasteiger partial charge in [-0.3, -0.25) is 0 Å². The average molecular weight is 415 g/mol. The number of hydrogen-bond donors (Lipinski definition) is 0. The summed E-state index contributed by atoms with van der Waals surface area (Å²) in [4.78, 5) is 24.7. The molecule has 0 radical (unpaired) electrons. The van der Waals surface area contributed by atoms with Crippen molar-refractivity contribution in [3.05, 3.63) is 35.4 Å². The van der Waals surface area contributed by atoms with Crippen molar-refractivity contribution in [2.75, 3.05) is 13.2 Å². The molecule has 0 heterocycles. The van der Waals surface area contributed by atoms with Crippen molar-refractivity contribution in [3.8, 4) is 0 Å². The van der Waals surface area contributed by atoms with Crippen LogP contribution in [-0.2, 0) is 9.47 Å². The fraction of sp³-hybridized carbons (Fsp3) is 0.667. The molecule has 0 bridgehead atoms. The summed E-state index contributed by atoms with van der Waals surface area (Å²) in [7, 11) is 0. The van der Waals surface area contributed by atoms with E-state index < -0.39 is 11.9 Å². The molecular weight excluding hydrogens is 375 g/mol. The molecular formula is C24H39NaO4. The van der Waals surface area contributed by atoms with Crippen LogP contribution in [0, 0.1) is 0 Å². The molecule has 1 aromatic rings. The first-order valence-electron chi connectivity index (χ1n) is 11.1. The van der Waals surface area contributed by atoms with Crippen LogP contribution in [0.15, 0.2) is 24.3 Å². The van der Waals surface area contributed by atoms with E-state index in [4.69, 9.17) is 9.47 Å². The third-order valence-electron chi connectivity index (χ3n) is 4.83. The summed E-state index contributed by atoms with van der Waals surface area (Å²) >= 11 is 0. The molecule has 0 aliphatic carbocycles. The van der Waals surface area contributed by atoms with Gasteiger partial charge in [0, 0.05) is 0 Å². The molecule has 0 fully saturated rings. The number of carbonyl (C=O) groups is 2. The average Bonchev–Trinajstić information content (AvgIpc) is 2.72. The van der Waals surface area contributed by atoms with Gasteiger partial charge in [0.05, 0.1) is 24.3 Å². The van der Waals surface area contributed by atoms with E-state index in [1.54, 1.807) is 24.3 Å². The Bertz CT molecular complexity index is 511. The molecule has 29 heavy (non-hydrogen) atoms. The molecule has 0 amide bonds. The first-order valence-corrected chi connectivity index (χ1v) is 11.1. The molecule has 0 saturated carbocycles. The Morgan fingerprint density at radius 1 is 0.621 bits per heavy atom. The molecule has 0 saturated heterocycles. The van der Waals surface area contributed by atoms with Gasteiger partial charge in [0.25, 0.3) is 0 Å². The Morgan fingerprint density at radius 2 is 0.966 bits per heavy atom. The van der Waals surface area contributed by atoms with E-state index in [0.717, 1.165) is 25.7 Å². The second-order valence-electron chi connectivity index (χ2n) is 7.35. The monoisotopic (exact) mass is 414 g/mol. The van der Waals surface area contributed by atoms with Crippen LogP contribution in [0.1, 0.15) is 112 Å². The van der Waals surface area contributed by atoms with E-state index >= 15 is 0 Å². The standard InChI is InChI=1S/C24H38O4.Na.H/c1-3-5-7-9-11-15-19-27-23(25)21-17-13-14-18-22(21)24(26)28-20-16-12-10-8-6-4-2;;/h13-14,17-18H,3-12,15-16,19-20H2,1-2H3;;. The van der Waals surface area contributed by atoms with Crippen molar-refractivity contribution >= 4 is 41.5 Å². The Kier molecular flexibility index (Phi) is 18.6. The number of benzene rings is 1. The molecule has 0 aliphatic rings. The first kappa shape index (κ1) is 28.2. The molecule has 0 atom stereocenters. The van der Waals surface area contributed by atoms with Crippen molar-refractivity contribution in [1.82, 2.24) is 0 Å². The molecule has 0 N–H and O–H groups in total. The minimum atomic E-state index is -0.444. The number of carbonyl (C=O) groups excluding carboxylic acids is 2. The molecule has 0 aromatic heterocycles. The van der Waals surface area contributed by atoms with E-state index in [0.29, 0.717) is 24.3 Å². The van der Waals surface area contributed by atoms with Gasteiger partial charge in [-0.25, -0.2) is 9.59 Å². The van der Waals surface area contributed by atoms with Crippen LogP contribution < -0.4 is 0 Å². The zero-order chi connectivity index (χ0) is 20.5. The van der Waals surface area contributed by atoms with E-state index in [1.165, 1.54) is 51.4 Å². The Morgan fingerprint density at radius 3 is 1.34 bits per heavy atom. The SMILES string of the molecule is CCCCCCCCOC(=O)c1ccccc1C(=O)OCCCCCCCC.[NaH]. The van der Waals surface area contributed by atoms with Gasteiger partial charge in [-0.1, -0.05) is 90.2 Å². The van der Waals surface area contributed by atoms with Gasteiger partial charge in [-0.15, -0.1) is 0 Å². The maximum absolute atomic E-state index is 12.4. The van der Waals surface area contributed by atoms with E-state index in [2.05, 4.69) is 13.8 Å². The van der Waals surface area contributed by atoms with Crippen molar-refractivity contribution in [2.45, 2.75) is 90.9 Å². The quantitative estimate of drug-likeness (QED) is 0.187. The molecule has 160 valence electrons.